The lowest BCUT2D eigenvalue weighted by Crippen LogP contribution is -2.54. The van der Waals surface area contributed by atoms with Gasteiger partial charge in [0.25, 0.3) is 11.8 Å². The minimum Gasteiger partial charge on any atom is -0.459 e. The summed E-state index contributed by atoms with van der Waals surface area (Å²) in [6.07, 6.45) is 3.60. The number of imide groups is 2. The van der Waals surface area contributed by atoms with Gasteiger partial charge in [-0.1, -0.05) is 54.3 Å². The second-order valence-electron chi connectivity index (χ2n) is 11.3. The smallest absolute Gasteiger partial charge is 0.263 e. The van der Waals surface area contributed by atoms with Crippen molar-refractivity contribution in [1.82, 2.24) is 20.5 Å². The number of benzene rings is 3. The molecule has 4 heterocycles. The van der Waals surface area contributed by atoms with Gasteiger partial charge in [-0.05, 0) is 54.4 Å². The van der Waals surface area contributed by atoms with Gasteiger partial charge in [-0.25, -0.2) is 0 Å². The highest BCUT2D eigenvalue weighted by molar-refractivity contribution is 6.24. The first-order valence-corrected chi connectivity index (χ1v) is 15.0. The van der Waals surface area contributed by atoms with Gasteiger partial charge in [0, 0.05) is 40.9 Å². The normalized spacial score (nSPS) is 16.3. The third-order valence-corrected chi connectivity index (χ3v) is 8.18. The molecule has 2 atom stereocenters. The lowest BCUT2D eigenvalue weighted by atomic mass is 10.0. The van der Waals surface area contributed by atoms with Crippen LogP contribution in [0, 0.1) is 11.8 Å². The van der Waals surface area contributed by atoms with E-state index in [9.17, 15) is 24.0 Å². The van der Waals surface area contributed by atoms with Crippen molar-refractivity contribution in [3.8, 4) is 11.8 Å². The number of rotatable bonds is 6. The SMILES string of the molecule is O=C1CCC(N2C(=O)c3cccc(C#Cc4ccc(CC(=O)NC(c5cccnc5)c5cc6ccccc6o5)cc4)c3C2=O)C(=O)N1. The molecule has 2 N–H and O–H groups in total. The van der Waals surface area contributed by atoms with Crippen LogP contribution in [0.3, 0.4) is 0 Å². The van der Waals surface area contributed by atoms with Crippen molar-refractivity contribution in [2.45, 2.75) is 31.3 Å². The van der Waals surface area contributed by atoms with Crippen molar-refractivity contribution in [2.24, 2.45) is 0 Å². The Balaban J connectivity index is 1.06. The monoisotopic (exact) mass is 622 g/mol. The molecule has 2 aromatic heterocycles. The largest absolute Gasteiger partial charge is 0.459 e. The number of para-hydroxylation sites is 1. The second-order valence-corrected chi connectivity index (χ2v) is 11.3. The van der Waals surface area contributed by atoms with Gasteiger partial charge in [-0.2, -0.15) is 0 Å². The average molecular weight is 623 g/mol. The Bertz CT molecular complexity index is 2110. The molecule has 5 aromatic rings. The summed E-state index contributed by atoms with van der Waals surface area (Å²) in [7, 11) is 0. The number of nitrogens with one attached hydrogen (secondary N) is 2. The minimum absolute atomic E-state index is 0.0422. The highest BCUT2D eigenvalue weighted by Gasteiger charge is 2.45. The third-order valence-electron chi connectivity index (χ3n) is 8.18. The van der Waals surface area contributed by atoms with Crippen molar-refractivity contribution in [3.63, 3.8) is 0 Å². The van der Waals surface area contributed by atoms with Crippen LogP contribution in [0.15, 0.2) is 102 Å². The van der Waals surface area contributed by atoms with Crippen LogP contribution in [0.25, 0.3) is 11.0 Å². The van der Waals surface area contributed by atoms with E-state index in [-0.39, 0.29) is 36.3 Å². The maximum atomic E-state index is 13.3. The summed E-state index contributed by atoms with van der Waals surface area (Å²) in [4.78, 5) is 68.8. The van der Waals surface area contributed by atoms with Crippen molar-refractivity contribution >= 4 is 40.5 Å². The molecule has 0 spiro atoms. The van der Waals surface area contributed by atoms with E-state index in [0.717, 1.165) is 27.0 Å². The molecule has 0 radical (unpaired) electrons. The standard InChI is InChI=1S/C37H26N4O6/c42-31-17-16-28(35(44)40-31)41-36(45)27-8-3-6-24(33(27)37(41)46)15-14-22-10-12-23(13-11-22)19-32(43)39-34(26-7-4-18-38-21-26)30-20-25-5-1-2-9-29(25)47-30/h1-13,18,20-21,28,34H,16-17,19H2,(H,39,43)(H,40,42,44). The first-order chi connectivity index (χ1) is 22.9. The predicted molar refractivity (Wildman–Crippen MR) is 170 cm³/mol. The number of amides is 5. The molecule has 1 fully saturated rings. The maximum Gasteiger partial charge on any atom is 0.263 e. The molecule has 2 aliphatic heterocycles. The van der Waals surface area contributed by atoms with E-state index in [1.54, 1.807) is 48.8 Å². The summed E-state index contributed by atoms with van der Waals surface area (Å²) in [5, 5.41) is 6.21. The van der Waals surface area contributed by atoms with Crippen LogP contribution in [0.4, 0.5) is 0 Å². The number of furan rings is 1. The fourth-order valence-electron chi connectivity index (χ4n) is 5.87. The molecule has 2 unspecified atom stereocenters. The van der Waals surface area contributed by atoms with Crippen molar-refractivity contribution in [3.05, 3.63) is 136 Å². The molecular weight excluding hydrogens is 596 g/mol. The molecule has 230 valence electrons. The molecule has 3 aromatic carbocycles. The molecule has 2 aliphatic rings. The number of pyridine rings is 1. The number of carbonyl (C=O) groups excluding carboxylic acids is 5. The van der Waals surface area contributed by atoms with E-state index in [0.29, 0.717) is 16.9 Å². The number of carbonyl (C=O) groups is 5. The van der Waals surface area contributed by atoms with E-state index in [1.165, 1.54) is 6.07 Å². The molecule has 7 rings (SSSR count). The van der Waals surface area contributed by atoms with Gasteiger partial charge in [0.15, 0.2) is 0 Å². The van der Waals surface area contributed by atoms with Gasteiger partial charge in [0.1, 0.15) is 23.4 Å². The van der Waals surface area contributed by atoms with E-state index >= 15 is 0 Å². The number of hydrogen-bond donors (Lipinski definition) is 2. The minimum atomic E-state index is -1.05. The lowest BCUT2D eigenvalue weighted by Gasteiger charge is -2.27. The van der Waals surface area contributed by atoms with Crippen molar-refractivity contribution in [2.75, 3.05) is 0 Å². The maximum absolute atomic E-state index is 13.3. The van der Waals surface area contributed by atoms with Crippen LogP contribution in [0.1, 0.15) is 67.6 Å². The first-order valence-electron chi connectivity index (χ1n) is 15.0. The van der Waals surface area contributed by atoms with Gasteiger partial charge >= 0.3 is 0 Å². The van der Waals surface area contributed by atoms with Crippen LogP contribution in [-0.2, 0) is 20.8 Å². The number of nitrogens with zero attached hydrogens (tertiary/aromatic N) is 2. The zero-order chi connectivity index (χ0) is 32.5. The van der Waals surface area contributed by atoms with Crippen LogP contribution in [-0.4, -0.2) is 45.5 Å². The summed E-state index contributed by atoms with van der Waals surface area (Å²) < 4.78 is 6.07. The Morgan fingerprint density at radius 1 is 0.957 bits per heavy atom. The number of aromatic nitrogens is 1. The van der Waals surface area contributed by atoms with Crippen LogP contribution in [0.5, 0.6) is 0 Å². The van der Waals surface area contributed by atoms with Crippen LogP contribution < -0.4 is 10.6 Å². The zero-order valence-corrected chi connectivity index (χ0v) is 24.9. The fraction of sp³-hybridized carbons (Fsp3) is 0.135. The highest BCUT2D eigenvalue weighted by atomic mass is 16.3. The van der Waals surface area contributed by atoms with Gasteiger partial charge in [0.05, 0.1) is 17.5 Å². The molecule has 1 saturated heterocycles. The fourth-order valence-corrected chi connectivity index (χ4v) is 5.87. The van der Waals surface area contributed by atoms with Gasteiger partial charge < -0.3 is 9.73 Å². The molecule has 10 nitrogen and oxygen atoms in total. The Morgan fingerprint density at radius 3 is 2.55 bits per heavy atom. The highest BCUT2D eigenvalue weighted by Crippen LogP contribution is 2.30. The number of fused-ring (bicyclic) bond motifs is 2. The lowest BCUT2D eigenvalue weighted by molar-refractivity contribution is -0.136. The molecule has 10 heteroatoms. The van der Waals surface area contributed by atoms with Gasteiger partial charge in [0.2, 0.25) is 17.7 Å². The number of hydrogen-bond acceptors (Lipinski definition) is 7. The van der Waals surface area contributed by atoms with Crippen LogP contribution in [0.2, 0.25) is 0 Å². The van der Waals surface area contributed by atoms with E-state index in [4.69, 9.17) is 4.42 Å². The summed E-state index contributed by atoms with van der Waals surface area (Å²) in [5.74, 6) is 4.11. The summed E-state index contributed by atoms with van der Waals surface area (Å²) in [5.41, 5.74) is 3.58. The average Bonchev–Trinajstić information content (AvgIpc) is 3.62. The van der Waals surface area contributed by atoms with Gasteiger partial charge in [-0.3, -0.25) is 39.2 Å². The van der Waals surface area contributed by atoms with Gasteiger partial charge in [-0.15, -0.1) is 0 Å². The zero-order valence-electron chi connectivity index (χ0n) is 24.9. The van der Waals surface area contributed by atoms with Crippen molar-refractivity contribution in [1.29, 1.82) is 0 Å². The second kappa shape index (κ2) is 12.2. The molecular formula is C37H26N4O6. The molecule has 5 amide bonds. The first kappa shape index (κ1) is 29.4. The quantitative estimate of drug-likeness (QED) is 0.215. The van der Waals surface area contributed by atoms with E-state index in [2.05, 4.69) is 27.5 Å². The summed E-state index contributed by atoms with van der Waals surface area (Å²) >= 11 is 0. The molecule has 0 bridgehead atoms. The summed E-state index contributed by atoms with van der Waals surface area (Å²) in [6.45, 7) is 0. The van der Waals surface area contributed by atoms with E-state index < -0.39 is 35.7 Å². The van der Waals surface area contributed by atoms with Crippen molar-refractivity contribution < 1.29 is 28.4 Å². The Kier molecular flexibility index (Phi) is 7.63. The molecule has 0 aliphatic carbocycles. The molecule has 47 heavy (non-hydrogen) atoms. The third kappa shape index (κ3) is 5.78. The predicted octanol–water partition coefficient (Wildman–Crippen LogP) is 4.08. The Labute approximate surface area is 268 Å². The van der Waals surface area contributed by atoms with E-state index in [1.807, 2.05) is 42.5 Å². The topological polar surface area (TPSA) is 139 Å². The van der Waals surface area contributed by atoms with Crippen LogP contribution >= 0.6 is 0 Å². The molecule has 0 saturated carbocycles. The Hall–Kier alpha value is -6.34. The Morgan fingerprint density at radius 2 is 1.79 bits per heavy atom. The summed E-state index contributed by atoms with van der Waals surface area (Å²) in [6, 6.07) is 23.7. The number of piperidine rings is 1.